The Bertz CT molecular complexity index is 974. The average Bonchev–Trinajstić information content (AvgIpc) is 2.72. The zero-order valence-electron chi connectivity index (χ0n) is 17.2. The van der Waals surface area contributed by atoms with Crippen molar-refractivity contribution >= 4 is 21.6 Å². The third-order valence-corrected chi connectivity index (χ3v) is 6.84. The number of amides is 1. The van der Waals surface area contributed by atoms with Crippen LogP contribution >= 0.6 is 0 Å². The van der Waals surface area contributed by atoms with Crippen molar-refractivity contribution < 1.29 is 17.9 Å². The lowest BCUT2D eigenvalue weighted by Gasteiger charge is -2.37. The fourth-order valence-electron chi connectivity index (χ4n) is 3.36. The predicted octanol–water partition coefficient (Wildman–Crippen LogP) is 2.30. The Labute approximate surface area is 172 Å². The van der Waals surface area contributed by atoms with Crippen LogP contribution in [0.1, 0.15) is 17.3 Å². The van der Waals surface area contributed by atoms with Gasteiger partial charge < -0.3 is 14.5 Å². The van der Waals surface area contributed by atoms with Crippen molar-refractivity contribution in [1.29, 1.82) is 0 Å². The van der Waals surface area contributed by atoms with E-state index in [1.165, 1.54) is 26.2 Å². The van der Waals surface area contributed by atoms with Gasteiger partial charge in [0.2, 0.25) is 10.0 Å². The molecule has 0 saturated carbocycles. The van der Waals surface area contributed by atoms with Crippen molar-refractivity contribution in [2.24, 2.45) is 0 Å². The van der Waals surface area contributed by atoms with Crippen molar-refractivity contribution in [3.8, 4) is 5.75 Å². The maximum absolute atomic E-state index is 12.8. The SMILES string of the molecule is CCN1C[C@H](CN(C)C(=O)c2ccc(S(=O)(=O)N(C)C)cc2)Oc2ccccc21. The number of fused-ring (bicyclic) bond motifs is 1. The molecule has 1 aliphatic heterocycles. The molecule has 1 atom stereocenters. The zero-order chi connectivity index (χ0) is 21.2. The normalized spacial score (nSPS) is 16.3. The molecule has 1 heterocycles. The molecule has 0 N–H and O–H groups in total. The topological polar surface area (TPSA) is 70.2 Å². The lowest BCUT2D eigenvalue weighted by Crippen LogP contribution is -2.46. The third-order valence-electron chi connectivity index (χ3n) is 5.01. The van der Waals surface area contributed by atoms with E-state index in [1.54, 1.807) is 24.1 Å². The van der Waals surface area contributed by atoms with Gasteiger partial charge in [0, 0.05) is 33.3 Å². The van der Waals surface area contributed by atoms with Gasteiger partial charge in [0.1, 0.15) is 11.9 Å². The molecule has 1 aliphatic rings. The maximum Gasteiger partial charge on any atom is 0.253 e. The van der Waals surface area contributed by atoms with Crippen LogP contribution in [0.15, 0.2) is 53.4 Å². The monoisotopic (exact) mass is 417 g/mol. The van der Waals surface area contributed by atoms with Crippen LogP contribution in [-0.4, -0.2) is 70.4 Å². The van der Waals surface area contributed by atoms with Crippen LogP contribution in [-0.2, 0) is 10.0 Å². The molecule has 8 heteroatoms. The molecule has 0 bridgehead atoms. The van der Waals surface area contributed by atoms with Crippen molar-refractivity contribution in [2.75, 3.05) is 45.7 Å². The van der Waals surface area contributed by atoms with E-state index in [-0.39, 0.29) is 16.9 Å². The first-order chi connectivity index (χ1) is 13.7. The summed E-state index contributed by atoms with van der Waals surface area (Å²) >= 11 is 0. The smallest absolute Gasteiger partial charge is 0.253 e. The summed E-state index contributed by atoms with van der Waals surface area (Å²) in [7, 11) is 1.16. The first-order valence-corrected chi connectivity index (χ1v) is 11.0. The van der Waals surface area contributed by atoms with Gasteiger partial charge in [0.25, 0.3) is 5.91 Å². The minimum absolute atomic E-state index is 0.146. The lowest BCUT2D eigenvalue weighted by molar-refractivity contribution is 0.0709. The van der Waals surface area contributed by atoms with Crippen molar-refractivity contribution in [3.63, 3.8) is 0 Å². The number of likely N-dealkylation sites (N-methyl/N-ethyl adjacent to an activating group) is 2. The minimum atomic E-state index is -3.52. The predicted molar refractivity (Wildman–Crippen MR) is 113 cm³/mol. The Hall–Kier alpha value is -2.58. The molecule has 0 fully saturated rings. The van der Waals surface area contributed by atoms with E-state index < -0.39 is 10.0 Å². The first kappa shape index (κ1) is 21.1. The molecule has 0 aromatic heterocycles. The minimum Gasteiger partial charge on any atom is -0.485 e. The number of ether oxygens (including phenoxy) is 1. The fourth-order valence-corrected chi connectivity index (χ4v) is 4.26. The van der Waals surface area contributed by atoms with E-state index in [9.17, 15) is 13.2 Å². The average molecular weight is 418 g/mol. The second-order valence-corrected chi connectivity index (χ2v) is 9.40. The first-order valence-electron chi connectivity index (χ1n) is 9.52. The summed E-state index contributed by atoms with van der Waals surface area (Å²) in [5.41, 5.74) is 1.51. The molecular weight excluding hydrogens is 390 g/mol. The van der Waals surface area contributed by atoms with Gasteiger partial charge in [-0.3, -0.25) is 4.79 Å². The number of sulfonamides is 1. The van der Waals surface area contributed by atoms with Crippen molar-refractivity contribution in [1.82, 2.24) is 9.21 Å². The van der Waals surface area contributed by atoms with Gasteiger partial charge in [-0.1, -0.05) is 12.1 Å². The lowest BCUT2D eigenvalue weighted by atomic mass is 10.1. The molecule has 3 rings (SSSR count). The van der Waals surface area contributed by atoms with E-state index >= 15 is 0 Å². The van der Waals surface area contributed by atoms with E-state index in [0.717, 1.165) is 22.3 Å². The second-order valence-electron chi connectivity index (χ2n) is 7.24. The molecular formula is C21H27N3O4S. The Balaban J connectivity index is 1.70. The van der Waals surface area contributed by atoms with Gasteiger partial charge in [0.15, 0.2) is 0 Å². The highest BCUT2D eigenvalue weighted by Crippen LogP contribution is 2.32. The summed E-state index contributed by atoms with van der Waals surface area (Å²) in [6.45, 7) is 4.08. The Morgan fingerprint density at radius 2 is 1.76 bits per heavy atom. The van der Waals surface area contributed by atoms with E-state index in [4.69, 9.17) is 4.74 Å². The molecule has 0 saturated heterocycles. The number of hydrogen-bond acceptors (Lipinski definition) is 5. The molecule has 29 heavy (non-hydrogen) atoms. The number of rotatable bonds is 6. The summed E-state index contributed by atoms with van der Waals surface area (Å²) in [4.78, 5) is 16.8. The maximum atomic E-state index is 12.8. The van der Waals surface area contributed by atoms with Gasteiger partial charge in [-0.25, -0.2) is 12.7 Å². The van der Waals surface area contributed by atoms with Crippen LogP contribution in [0.4, 0.5) is 5.69 Å². The number of benzene rings is 2. The van der Waals surface area contributed by atoms with Gasteiger partial charge >= 0.3 is 0 Å². The second kappa shape index (κ2) is 8.42. The standard InChI is InChI=1S/C21H27N3O4S/c1-5-24-15-17(28-20-9-7-6-8-19(20)24)14-23(4)21(25)16-10-12-18(13-11-16)29(26,27)22(2)3/h6-13,17H,5,14-15H2,1-4H3/t17-/m0/s1. The number of carbonyl (C=O) groups is 1. The van der Waals surface area contributed by atoms with Gasteiger partial charge in [-0.2, -0.15) is 0 Å². The molecule has 156 valence electrons. The quantitative estimate of drug-likeness (QED) is 0.721. The molecule has 1 amide bonds. The Kier molecular flexibility index (Phi) is 6.14. The summed E-state index contributed by atoms with van der Waals surface area (Å²) < 4.78 is 31.6. The Morgan fingerprint density at radius 3 is 2.38 bits per heavy atom. The summed E-state index contributed by atoms with van der Waals surface area (Å²) in [5.74, 6) is 0.647. The number of hydrogen-bond donors (Lipinski definition) is 0. The molecule has 0 unspecified atom stereocenters. The van der Waals surface area contributed by atoms with Crippen molar-refractivity contribution in [2.45, 2.75) is 17.9 Å². The van der Waals surface area contributed by atoms with Crippen LogP contribution in [0, 0.1) is 0 Å². The van der Waals surface area contributed by atoms with Crippen LogP contribution < -0.4 is 9.64 Å². The van der Waals surface area contributed by atoms with Gasteiger partial charge in [-0.15, -0.1) is 0 Å². The van der Waals surface area contributed by atoms with Crippen LogP contribution in [0.2, 0.25) is 0 Å². The van der Waals surface area contributed by atoms with Gasteiger partial charge in [0.05, 0.1) is 23.7 Å². The van der Waals surface area contributed by atoms with Gasteiger partial charge in [-0.05, 0) is 43.3 Å². The molecule has 2 aromatic rings. The largest absolute Gasteiger partial charge is 0.485 e. The van der Waals surface area contributed by atoms with Crippen molar-refractivity contribution in [3.05, 3.63) is 54.1 Å². The summed E-state index contributed by atoms with van der Waals surface area (Å²) in [6.07, 6.45) is -0.146. The van der Waals surface area contributed by atoms with Crippen LogP contribution in [0.5, 0.6) is 5.75 Å². The Morgan fingerprint density at radius 1 is 1.10 bits per heavy atom. The van der Waals surface area contributed by atoms with Crippen LogP contribution in [0.25, 0.3) is 0 Å². The molecule has 2 aromatic carbocycles. The van der Waals surface area contributed by atoms with E-state index in [1.807, 2.05) is 24.3 Å². The third kappa shape index (κ3) is 4.38. The molecule has 0 spiro atoms. The fraction of sp³-hybridized carbons (Fsp3) is 0.381. The van der Waals surface area contributed by atoms with E-state index in [0.29, 0.717) is 18.7 Å². The summed E-state index contributed by atoms with van der Waals surface area (Å²) in [6, 6.07) is 13.9. The van der Waals surface area contributed by atoms with E-state index in [2.05, 4.69) is 11.8 Å². The number of para-hydroxylation sites is 2. The molecule has 7 nitrogen and oxygen atoms in total. The van der Waals surface area contributed by atoms with Crippen LogP contribution in [0.3, 0.4) is 0 Å². The zero-order valence-corrected chi connectivity index (χ0v) is 18.0. The number of anilines is 1. The number of nitrogens with zero attached hydrogens (tertiary/aromatic N) is 3. The molecule has 0 aliphatic carbocycles. The number of carbonyl (C=O) groups excluding carboxylic acids is 1. The highest BCUT2D eigenvalue weighted by molar-refractivity contribution is 7.89. The summed E-state index contributed by atoms with van der Waals surface area (Å²) in [5, 5.41) is 0. The highest BCUT2D eigenvalue weighted by Gasteiger charge is 2.27. The highest BCUT2D eigenvalue weighted by atomic mass is 32.2. The molecule has 0 radical (unpaired) electrons.